The maximum absolute atomic E-state index is 14.8. The summed E-state index contributed by atoms with van der Waals surface area (Å²) in [7, 11) is 0. The minimum Gasteiger partial charge on any atom is -0.311 e. The quantitative estimate of drug-likeness (QED) is 0.0915. The number of rotatable bonds is 5. The minimum atomic E-state index is -0.328. The van der Waals surface area contributed by atoms with Crippen LogP contribution in [0.15, 0.2) is 421 Å². The van der Waals surface area contributed by atoms with Crippen molar-refractivity contribution >= 4 is 250 Å². The molecule has 3 aliphatic rings. The van der Waals surface area contributed by atoms with Crippen LogP contribution >= 0.6 is 0 Å². The third kappa shape index (κ3) is 10.0. The summed E-state index contributed by atoms with van der Waals surface area (Å²) in [5, 5.41) is 8.68. The minimum absolute atomic E-state index is 0.0854. The molecule has 0 atom stereocenters. The molecule has 0 amide bonds. The third-order valence-corrected chi connectivity index (χ3v) is 28.5. The van der Waals surface area contributed by atoms with Gasteiger partial charge in [0.05, 0.1) is 66.2 Å². The molecule has 0 unspecified atom stereocenters. The van der Waals surface area contributed by atoms with E-state index in [0.29, 0.717) is 108 Å². The number of fused-ring (bicyclic) bond motifs is 22. The fourth-order valence-electron chi connectivity index (χ4n) is 23.0. The highest BCUT2D eigenvalue weighted by Crippen LogP contribution is 2.47. The molecule has 0 fully saturated rings. The normalized spacial score (nSPS) is 13.0. The van der Waals surface area contributed by atoms with Crippen LogP contribution in [0.25, 0.3) is 164 Å². The van der Waals surface area contributed by atoms with Crippen molar-refractivity contribution < 1.29 is 0 Å². The topological polar surface area (TPSA) is 164 Å². The van der Waals surface area contributed by atoms with Gasteiger partial charge in [0.1, 0.15) is 0 Å². The molecule has 17 heteroatoms. The number of hydrogen-bond donors (Lipinski definition) is 0. The summed E-state index contributed by atoms with van der Waals surface area (Å²) in [6.45, 7) is -0.505. The van der Waals surface area contributed by atoms with Crippen molar-refractivity contribution in [2.75, 3.05) is 14.7 Å². The number of aromatic nitrogens is 4. The van der Waals surface area contributed by atoms with E-state index in [4.69, 9.17) is 0 Å². The summed E-state index contributed by atoms with van der Waals surface area (Å²) in [5.74, 6) is 0. The van der Waals surface area contributed by atoms with Gasteiger partial charge in [-0.25, -0.2) is 0 Å². The van der Waals surface area contributed by atoms with Crippen molar-refractivity contribution in [3.05, 3.63) is 464 Å². The fraction of sp³-hybridized carbons (Fsp3) is 0. The number of nitrogens with zero attached hydrogens (tertiary/aromatic N) is 7. The van der Waals surface area contributed by atoms with Gasteiger partial charge < -0.3 is 32.3 Å². The van der Waals surface area contributed by atoms with Crippen molar-refractivity contribution in [3.8, 4) is 11.1 Å². The Hall–Kier alpha value is -18.0. The zero-order chi connectivity index (χ0) is 88.3. The number of para-hydroxylation sites is 12. The van der Waals surface area contributed by atoms with E-state index in [2.05, 4.69) is 148 Å². The van der Waals surface area contributed by atoms with Gasteiger partial charge in [-0.3, -0.25) is 38.4 Å². The first kappa shape index (κ1) is 74.2. The Labute approximate surface area is 752 Å². The molecule has 11 heterocycles. The Morgan fingerprint density at radius 2 is 0.444 bits per heavy atom. The highest BCUT2D eigenvalue weighted by Gasteiger charge is 2.44. The van der Waals surface area contributed by atoms with Crippen LogP contribution in [0.4, 0.5) is 51.2 Å². The molecule has 29 rings (SSSR count). The van der Waals surface area contributed by atoms with E-state index < -0.39 is 0 Å². The standard InChI is InChI=1S/C64H35BN4O4.C52H28BN3O4/c70-61-40-16-4-8-22-50(40)69-53-31-29-39(35-45(53)64(73)44-20-12-19-43(61)59(44)69)67-54-25-11-7-21-48(54)65-49-30-28-36(34-57(49)66(38-14-2-1-3-15-38)55-26-13-27-56(67)58(55)65)37-32-46-60-47(33-37)63(72)42-18-6-10-24-52(42)68(60)51-23-9-5-17-41(51)62(46)71;57-49-31-12-1-6-19-41(31)56-44-25-24-30(28-36(44)52(60)35-16-11-15-34(49)47(35)56)54-45-22-9-4-17-39(45)53(40-18-5-10-23-46(40)54)29-26-37-48-38(27-29)51(59)33-14-3-8-21-43(33)55(48)42-20-7-2-13-32(42)50(37)58/h1-35H;1-28H. The fourth-order valence-corrected chi connectivity index (χ4v) is 23.0. The molecule has 0 bridgehead atoms. The maximum atomic E-state index is 14.8. The van der Waals surface area contributed by atoms with Crippen LogP contribution in [0.2, 0.25) is 0 Å². The molecule has 8 aromatic heterocycles. The zero-order valence-corrected chi connectivity index (χ0v) is 70.4. The van der Waals surface area contributed by atoms with Gasteiger partial charge in [-0.05, 0) is 233 Å². The average Bonchev–Trinajstić information content (AvgIpc) is 0.723. The smallest absolute Gasteiger partial charge is 0.252 e. The van der Waals surface area contributed by atoms with Crippen LogP contribution in [-0.4, -0.2) is 31.0 Å². The number of benzene rings is 18. The molecule has 26 aromatic rings. The predicted octanol–water partition coefficient (Wildman–Crippen LogP) is 18.9. The summed E-state index contributed by atoms with van der Waals surface area (Å²) in [5.41, 5.74) is 23.9. The number of pyridine rings is 8. The lowest BCUT2D eigenvalue weighted by Gasteiger charge is -2.44. The van der Waals surface area contributed by atoms with Gasteiger partial charge in [-0.15, -0.1) is 0 Å². The second-order valence-electron chi connectivity index (χ2n) is 35.1. The van der Waals surface area contributed by atoms with E-state index in [1.165, 1.54) is 0 Å². The highest BCUT2D eigenvalue weighted by atomic mass is 16.1. The van der Waals surface area contributed by atoms with Gasteiger partial charge in [0.25, 0.3) is 6.71 Å². The van der Waals surface area contributed by atoms with Crippen LogP contribution in [0.5, 0.6) is 0 Å². The molecule has 0 saturated carbocycles. The van der Waals surface area contributed by atoms with E-state index in [9.17, 15) is 38.4 Å². The Morgan fingerprint density at radius 3 is 0.842 bits per heavy atom. The Balaban J connectivity index is 0.000000135. The van der Waals surface area contributed by atoms with E-state index in [-0.39, 0.29) is 56.9 Å². The number of hydrogen-bond acceptors (Lipinski definition) is 11. The molecule has 133 heavy (non-hydrogen) atoms. The molecule has 0 aliphatic carbocycles. The van der Waals surface area contributed by atoms with Crippen LogP contribution < -0.4 is 90.9 Å². The van der Waals surface area contributed by atoms with E-state index in [1.807, 2.05) is 243 Å². The first-order valence-electron chi connectivity index (χ1n) is 44.4. The first-order chi connectivity index (χ1) is 65.4. The van der Waals surface area contributed by atoms with Crippen molar-refractivity contribution in [2.45, 2.75) is 0 Å². The monoisotopic (exact) mass is 1700 g/mol. The Bertz CT molecular complexity index is 10100. The molecule has 18 aromatic carbocycles. The summed E-state index contributed by atoms with van der Waals surface area (Å²) in [4.78, 5) is 122. The lowest BCUT2D eigenvalue weighted by Crippen LogP contribution is -2.61. The predicted molar refractivity (Wildman–Crippen MR) is 547 cm³/mol. The van der Waals surface area contributed by atoms with Crippen molar-refractivity contribution in [3.63, 3.8) is 0 Å². The maximum Gasteiger partial charge on any atom is 0.252 e. The Kier molecular flexibility index (Phi) is 15.2. The van der Waals surface area contributed by atoms with Gasteiger partial charge in [-0.2, -0.15) is 0 Å². The molecule has 0 saturated heterocycles. The molecule has 0 spiro atoms. The summed E-state index contributed by atoms with van der Waals surface area (Å²) in [6.07, 6.45) is 0. The SMILES string of the molecule is O=c1c2ccccc2n2c3ccc(N4c5ccccc5B(c5cc6c(=O)c7ccccc7n7c8ccccc8c(=O)c(c5)c67)c5ccccc54)cc3c(=O)c3cccc1c32.O=c1c2ccccc2n2c3ccc(N4c5ccccc5B5c6ccc(-c7cc8c(=O)c9ccccc9n9c%10ccccc%10c(=O)c(c7)c89)cc6N(c6ccccc6)c6cccc4c65)cc3c(=O)c3cccc1c32. The second-order valence-corrected chi connectivity index (χ2v) is 35.1. The molecule has 0 radical (unpaired) electrons. The van der Waals surface area contributed by atoms with E-state index >= 15 is 0 Å². The van der Waals surface area contributed by atoms with Gasteiger partial charge in [0.2, 0.25) is 6.71 Å². The lowest BCUT2D eigenvalue weighted by molar-refractivity contribution is 1.25. The molecular weight excluding hydrogens is 1640 g/mol. The molecule has 616 valence electrons. The van der Waals surface area contributed by atoms with E-state index in [1.54, 1.807) is 24.3 Å². The first-order valence-corrected chi connectivity index (χ1v) is 44.4. The van der Waals surface area contributed by atoms with Crippen LogP contribution in [-0.2, 0) is 0 Å². The van der Waals surface area contributed by atoms with Gasteiger partial charge in [-0.1, -0.05) is 194 Å². The molecule has 3 aliphatic heterocycles. The average molecular weight is 1700 g/mol. The lowest BCUT2D eigenvalue weighted by atomic mass is 9.33. The van der Waals surface area contributed by atoms with Gasteiger partial charge in [0.15, 0.2) is 43.4 Å². The van der Waals surface area contributed by atoms with E-state index in [0.717, 1.165) is 139 Å². The second kappa shape index (κ2) is 27.3. The number of anilines is 9. The molecular formula is C116H63B2N7O8. The van der Waals surface area contributed by atoms with Crippen LogP contribution in [0, 0.1) is 0 Å². The van der Waals surface area contributed by atoms with Gasteiger partial charge >= 0.3 is 0 Å². The van der Waals surface area contributed by atoms with Crippen molar-refractivity contribution in [1.82, 2.24) is 17.6 Å². The summed E-state index contributed by atoms with van der Waals surface area (Å²) < 4.78 is 8.29. The molecule has 15 nitrogen and oxygen atoms in total. The van der Waals surface area contributed by atoms with Gasteiger partial charge in [0, 0.05) is 137 Å². The van der Waals surface area contributed by atoms with Crippen molar-refractivity contribution in [1.29, 1.82) is 0 Å². The third-order valence-electron chi connectivity index (χ3n) is 28.5. The van der Waals surface area contributed by atoms with Crippen LogP contribution in [0.3, 0.4) is 0 Å². The summed E-state index contributed by atoms with van der Waals surface area (Å²) >= 11 is 0. The van der Waals surface area contributed by atoms with Crippen LogP contribution in [0.1, 0.15) is 0 Å². The largest absolute Gasteiger partial charge is 0.311 e. The zero-order valence-electron chi connectivity index (χ0n) is 70.4. The highest BCUT2D eigenvalue weighted by molar-refractivity contribution is 7.00. The molecule has 0 N–H and O–H groups in total. The Morgan fingerprint density at radius 1 is 0.165 bits per heavy atom. The van der Waals surface area contributed by atoms with Crippen molar-refractivity contribution in [2.24, 2.45) is 0 Å². The summed E-state index contributed by atoms with van der Waals surface area (Å²) in [6, 6.07) is 125.